The fourth-order valence-electron chi connectivity index (χ4n) is 9.95. The number of nitrogens with zero attached hydrogens (tertiary/aromatic N) is 1. The lowest BCUT2D eigenvalue weighted by molar-refractivity contribution is 0.331. The molecule has 0 spiro atoms. The Bertz CT molecular complexity index is 2820. The van der Waals surface area contributed by atoms with Gasteiger partial charge in [-0.15, -0.1) is 0 Å². The Labute approximate surface area is 332 Å². The monoisotopic (exact) mass is 723 g/mol. The molecule has 0 radical (unpaired) electrons. The van der Waals surface area contributed by atoms with Gasteiger partial charge in [0.05, 0.1) is 11.4 Å². The van der Waals surface area contributed by atoms with Gasteiger partial charge in [-0.25, -0.2) is 0 Å². The molecule has 1 nitrogen and oxygen atoms in total. The van der Waals surface area contributed by atoms with Crippen molar-refractivity contribution in [1.82, 2.24) is 0 Å². The normalized spacial score (nSPS) is 16.0. The molecule has 0 aliphatic heterocycles. The van der Waals surface area contributed by atoms with Gasteiger partial charge in [-0.2, -0.15) is 0 Å². The first-order chi connectivity index (χ1) is 27.0. The van der Waals surface area contributed by atoms with E-state index in [1.807, 2.05) is 0 Å². The van der Waals surface area contributed by atoms with Crippen molar-refractivity contribution in [2.45, 2.75) is 70.6 Å². The Kier molecular flexibility index (Phi) is 7.75. The highest BCUT2D eigenvalue weighted by atomic mass is 15.1. The molecule has 274 valence electrons. The number of fused-ring (bicyclic) bond motifs is 7. The minimum absolute atomic E-state index is 0.114. The molecule has 0 unspecified atom stereocenters. The summed E-state index contributed by atoms with van der Waals surface area (Å²) in [6.07, 6.45) is 2.40. The first-order valence-electron chi connectivity index (χ1n) is 20.3. The van der Waals surface area contributed by atoms with Crippen LogP contribution < -0.4 is 4.90 Å². The summed E-state index contributed by atoms with van der Waals surface area (Å²) in [7, 11) is 0. The van der Waals surface area contributed by atoms with E-state index in [4.69, 9.17) is 0 Å². The van der Waals surface area contributed by atoms with Crippen LogP contribution in [-0.2, 0) is 16.2 Å². The van der Waals surface area contributed by atoms with E-state index in [0.717, 1.165) is 5.69 Å². The van der Waals surface area contributed by atoms with Gasteiger partial charge < -0.3 is 4.90 Å². The predicted octanol–water partition coefficient (Wildman–Crippen LogP) is 15.5. The van der Waals surface area contributed by atoms with Gasteiger partial charge in [0.2, 0.25) is 0 Å². The lowest BCUT2D eigenvalue weighted by Crippen LogP contribution is -2.34. The lowest BCUT2D eigenvalue weighted by atomic mass is 9.62. The molecule has 2 aliphatic rings. The van der Waals surface area contributed by atoms with E-state index in [0.29, 0.717) is 0 Å². The van der Waals surface area contributed by atoms with Crippen LogP contribution in [0, 0.1) is 0 Å². The maximum absolute atomic E-state index is 2.60. The summed E-state index contributed by atoms with van der Waals surface area (Å²) in [6.45, 7) is 14.6. The van der Waals surface area contributed by atoms with E-state index >= 15 is 0 Å². The van der Waals surface area contributed by atoms with Crippen molar-refractivity contribution >= 4 is 38.6 Å². The summed E-state index contributed by atoms with van der Waals surface area (Å²) >= 11 is 0. The fraction of sp³-hybridized carbons (Fsp3) is 0.200. The molecular weight excluding hydrogens is 675 g/mol. The van der Waals surface area contributed by atoms with Gasteiger partial charge in [-0.05, 0) is 126 Å². The number of hydrogen-bond donors (Lipinski definition) is 0. The number of benzene rings is 8. The number of hydrogen-bond acceptors (Lipinski definition) is 1. The average molecular weight is 724 g/mol. The molecule has 8 aromatic carbocycles. The van der Waals surface area contributed by atoms with Crippen LogP contribution in [-0.4, -0.2) is 0 Å². The molecule has 0 atom stereocenters. The fourth-order valence-corrected chi connectivity index (χ4v) is 9.95. The third kappa shape index (κ3) is 5.35. The second kappa shape index (κ2) is 12.6. The second-order valence-corrected chi connectivity index (χ2v) is 18.0. The molecule has 10 rings (SSSR count). The van der Waals surface area contributed by atoms with Crippen molar-refractivity contribution in [1.29, 1.82) is 0 Å². The average Bonchev–Trinajstić information content (AvgIpc) is 3.45. The van der Waals surface area contributed by atoms with Gasteiger partial charge in [0.25, 0.3) is 0 Å². The van der Waals surface area contributed by atoms with Crippen molar-refractivity contribution in [3.8, 4) is 33.4 Å². The maximum atomic E-state index is 2.60. The summed E-state index contributed by atoms with van der Waals surface area (Å²) in [4.78, 5) is 2.53. The van der Waals surface area contributed by atoms with Gasteiger partial charge in [0.15, 0.2) is 0 Å². The van der Waals surface area contributed by atoms with Gasteiger partial charge >= 0.3 is 0 Å². The molecule has 0 heterocycles. The molecule has 8 aromatic rings. The van der Waals surface area contributed by atoms with E-state index in [1.165, 1.54) is 101 Å². The quantitative estimate of drug-likeness (QED) is 0.160. The van der Waals surface area contributed by atoms with Gasteiger partial charge in [-0.3, -0.25) is 0 Å². The minimum Gasteiger partial charge on any atom is -0.309 e. The SMILES string of the molecule is CC1(C)CCC(C)(C)c2cc3c(cc21)-c1c(N(c2ccc(-c4ccccc4)cc2)c2ccccc2-c2ccc4c(ccc5ccccc54)c2)cccc1C3(C)C. The topological polar surface area (TPSA) is 3.24 Å². The zero-order valence-electron chi connectivity index (χ0n) is 33.4. The largest absolute Gasteiger partial charge is 0.309 e. The molecule has 0 aromatic heterocycles. The van der Waals surface area contributed by atoms with Crippen molar-refractivity contribution in [2.24, 2.45) is 0 Å². The molecule has 56 heavy (non-hydrogen) atoms. The number of para-hydroxylation sites is 1. The van der Waals surface area contributed by atoms with Crippen LogP contribution >= 0.6 is 0 Å². The van der Waals surface area contributed by atoms with E-state index in [-0.39, 0.29) is 16.2 Å². The van der Waals surface area contributed by atoms with Crippen molar-refractivity contribution < 1.29 is 0 Å². The molecule has 0 amide bonds. The first-order valence-corrected chi connectivity index (χ1v) is 20.3. The molecule has 0 N–H and O–H groups in total. The predicted molar refractivity (Wildman–Crippen MR) is 240 cm³/mol. The highest BCUT2D eigenvalue weighted by molar-refractivity contribution is 6.09. The van der Waals surface area contributed by atoms with Crippen molar-refractivity contribution in [2.75, 3.05) is 4.90 Å². The number of rotatable bonds is 5. The van der Waals surface area contributed by atoms with E-state index in [1.54, 1.807) is 0 Å². The van der Waals surface area contributed by atoms with Crippen LogP contribution in [0.5, 0.6) is 0 Å². The Morgan fingerprint density at radius 1 is 0.393 bits per heavy atom. The van der Waals surface area contributed by atoms with Crippen LogP contribution in [0.3, 0.4) is 0 Å². The first kappa shape index (κ1) is 34.6. The minimum atomic E-state index is -0.142. The lowest BCUT2D eigenvalue weighted by Gasteiger charge is -2.42. The summed E-state index contributed by atoms with van der Waals surface area (Å²) in [5.41, 5.74) is 17.1. The van der Waals surface area contributed by atoms with Crippen LogP contribution in [0.15, 0.2) is 164 Å². The van der Waals surface area contributed by atoms with Gasteiger partial charge in [0.1, 0.15) is 0 Å². The summed E-state index contributed by atoms with van der Waals surface area (Å²) in [5.74, 6) is 0. The molecule has 0 saturated heterocycles. The summed E-state index contributed by atoms with van der Waals surface area (Å²) in [5, 5.41) is 5.10. The zero-order valence-corrected chi connectivity index (χ0v) is 33.4. The Morgan fingerprint density at radius 3 is 1.79 bits per heavy atom. The summed E-state index contributed by atoms with van der Waals surface area (Å²) < 4.78 is 0. The van der Waals surface area contributed by atoms with Crippen LogP contribution in [0.2, 0.25) is 0 Å². The Morgan fingerprint density at radius 2 is 1.00 bits per heavy atom. The van der Waals surface area contributed by atoms with E-state index in [2.05, 4.69) is 210 Å². The molecular formula is C55H49N. The third-order valence-corrected chi connectivity index (χ3v) is 13.3. The molecule has 1 heteroatoms. The van der Waals surface area contributed by atoms with Crippen LogP contribution in [0.25, 0.3) is 54.9 Å². The zero-order chi connectivity index (χ0) is 38.4. The third-order valence-electron chi connectivity index (χ3n) is 13.3. The Balaban J connectivity index is 1.21. The highest BCUT2D eigenvalue weighted by Crippen LogP contribution is 2.58. The van der Waals surface area contributed by atoms with E-state index in [9.17, 15) is 0 Å². The van der Waals surface area contributed by atoms with Crippen LogP contribution in [0.4, 0.5) is 17.1 Å². The molecule has 2 aliphatic carbocycles. The number of anilines is 3. The molecule has 0 bridgehead atoms. The summed E-state index contributed by atoms with van der Waals surface area (Å²) in [6, 6.07) is 61.3. The van der Waals surface area contributed by atoms with Crippen LogP contribution in [0.1, 0.15) is 76.6 Å². The second-order valence-electron chi connectivity index (χ2n) is 18.0. The van der Waals surface area contributed by atoms with Gasteiger partial charge in [-0.1, -0.05) is 169 Å². The van der Waals surface area contributed by atoms with Gasteiger partial charge in [0, 0.05) is 22.2 Å². The smallest absolute Gasteiger partial charge is 0.0543 e. The highest BCUT2D eigenvalue weighted by Gasteiger charge is 2.43. The maximum Gasteiger partial charge on any atom is 0.0543 e. The van der Waals surface area contributed by atoms with Crippen molar-refractivity contribution in [3.63, 3.8) is 0 Å². The Hall–Kier alpha value is -5.92. The van der Waals surface area contributed by atoms with E-state index < -0.39 is 0 Å². The molecule has 0 saturated carbocycles. The standard InChI is InChI=1S/C55H49N/c1-53(2)31-32-54(3,4)49-35-47-45(34-48(49)53)52-46(55(47,5)6)20-14-22-51(52)56(41-28-25-37(26-29-41)36-15-8-7-9-16-36)50-21-13-12-19-44(50)40-27-30-43-39(33-40)24-23-38-17-10-11-18-42(38)43/h7-30,33-35H,31-32H2,1-6H3. The molecule has 0 fully saturated rings. The van der Waals surface area contributed by atoms with Crippen molar-refractivity contribution in [3.05, 3.63) is 186 Å².